The van der Waals surface area contributed by atoms with Crippen molar-refractivity contribution >= 4 is 43.5 Å². The highest BCUT2D eigenvalue weighted by Gasteiger charge is 2.28. The summed E-state index contributed by atoms with van der Waals surface area (Å²) in [6, 6.07) is 9.89. The van der Waals surface area contributed by atoms with Gasteiger partial charge in [-0.25, -0.2) is 8.42 Å². The van der Waals surface area contributed by atoms with Crippen LogP contribution in [-0.2, 0) is 26.1 Å². The van der Waals surface area contributed by atoms with Crippen LogP contribution in [0.25, 0.3) is 10.2 Å². The van der Waals surface area contributed by atoms with Crippen LogP contribution < -0.4 is 4.80 Å². The number of hydrogen-bond acceptors (Lipinski definition) is 6. The van der Waals surface area contributed by atoms with Gasteiger partial charge in [0.05, 0.1) is 22.2 Å². The van der Waals surface area contributed by atoms with Crippen molar-refractivity contribution in [3.63, 3.8) is 0 Å². The number of ether oxygens (including phenoxy) is 1. The van der Waals surface area contributed by atoms with Gasteiger partial charge in [0.15, 0.2) is 4.80 Å². The van der Waals surface area contributed by atoms with Gasteiger partial charge in [-0.3, -0.25) is 9.59 Å². The lowest BCUT2D eigenvalue weighted by atomic mass is 10.0. The number of carbonyl (C=O) groups is 2. The minimum Gasteiger partial charge on any atom is -0.468 e. The minimum absolute atomic E-state index is 0.0715. The lowest BCUT2D eigenvalue weighted by molar-refractivity contribution is -0.141. The number of benzene rings is 2. The third-order valence-corrected chi connectivity index (χ3v) is 9.09. The highest BCUT2D eigenvalue weighted by atomic mass is 32.2. The van der Waals surface area contributed by atoms with Crippen molar-refractivity contribution in [2.75, 3.05) is 20.2 Å². The third kappa shape index (κ3) is 5.24. The molecule has 2 aromatic carbocycles. The molecule has 0 aliphatic carbocycles. The third-order valence-electron chi connectivity index (χ3n) is 6.18. The zero-order valence-corrected chi connectivity index (χ0v) is 21.9. The van der Waals surface area contributed by atoms with Crippen LogP contribution in [0.5, 0.6) is 0 Å². The lowest BCUT2D eigenvalue weighted by Crippen LogP contribution is -2.39. The van der Waals surface area contributed by atoms with Gasteiger partial charge in [-0.1, -0.05) is 24.3 Å². The molecule has 186 valence electrons. The maximum atomic E-state index is 13.0. The van der Waals surface area contributed by atoms with Gasteiger partial charge in [0.2, 0.25) is 10.0 Å². The Morgan fingerprint density at radius 3 is 2.54 bits per heavy atom. The average molecular weight is 516 g/mol. The lowest BCUT2D eigenvalue weighted by Gasteiger charge is -2.30. The molecule has 4 rings (SSSR count). The number of piperidine rings is 1. The summed E-state index contributed by atoms with van der Waals surface area (Å²) in [7, 11) is -2.29. The Morgan fingerprint density at radius 2 is 1.89 bits per heavy atom. The largest absolute Gasteiger partial charge is 0.468 e. The molecule has 2 heterocycles. The van der Waals surface area contributed by atoms with E-state index >= 15 is 0 Å². The second-order valence-corrected chi connectivity index (χ2v) is 12.0. The van der Waals surface area contributed by atoms with E-state index in [9.17, 15) is 18.0 Å². The van der Waals surface area contributed by atoms with Gasteiger partial charge in [-0.05, 0) is 74.1 Å². The number of methoxy groups -OCH3 is 1. The van der Waals surface area contributed by atoms with E-state index in [2.05, 4.69) is 4.99 Å². The van der Waals surface area contributed by atoms with Gasteiger partial charge in [0.25, 0.3) is 5.91 Å². The molecule has 1 aromatic heterocycles. The molecule has 1 aliphatic rings. The van der Waals surface area contributed by atoms with E-state index in [0.717, 1.165) is 34.2 Å². The second kappa shape index (κ2) is 10.0. The van der Waals surface area contributed by atoms with Crippen molar-refractivity contribution in [1.82, 2.24) is 8.87 Å². The molecule has 1 aliphatic heterocycles. The van der Waals surface area contributed by atoms with Gasteiger partial charge in [-0.15, -0.1) is 0 Å². The fraction of sp³-hybridized carbons (Fsp3) is 0.400. The van der Waals surface area contributed by atoms with E-state index in [1.54, 1.807) is 4.57 Å². The summed E-state index contributed by atoms with van der Waals surface area (Å²) in [6.07, 6.45) is 1.86. The number of rotatable bonds is 5. The molecule has 0 N–H and O–H groups in total. The van der Waals surface area contributed by atoms with E-state index in [4.69, 9.17) is 4.74 Å². The summed E-state index contributed by atoms with van der Waals surface area (Å²) in [5.74, 6) is -0.635. The molecule has 1 saturated heterocycles. The Morgan fingerprint density at radius 1 is 1.17 bits per heavy atom. The topological polar surface area (TPSA) is 98.0 Å². The first kappa shape index (κ1) is 25.3. The molecule has 1 amide bonds. The van der Waals surface area contributed by atoms with Crippen LogP contribution in [0.3, 0.4) is 0 Å². The molecule has 10 heteroatoms. The number of thiazole rings is 1. The summed E-state index contributed by atoms with van der Waals surface area (Å²) in [5.41, 5.74) is 3.13. The predicted octanol–water partition coefficient (Wildman–Crippen LogP) is 3.65. The number of aromatic nitrogens is 1. The van der Waals surface area contributed by atoms with Gasteiger partial charge in [0, 0.05) is 18.7 Å². The number of aryl methyl sites for hydroxylation is 2. The number of hydrogen-bond donors (Lipinski definition) is 0. The molecular weight excluding hydrogens is 486 g/mol. The number of esters is 1. The van der Waals surface area contributed by atoms with Gasteiger partial charge in [0.1, 0.15) is 6.54 Å². The monoisotopic (exact) mass is 515 g/mol. The highest BCUT2D eigenvalue weighted by Crippen LogP contribution is 2.25. The Hall–Kier alpha value is -2.82. The molecule has 35 heavy (non-hydrogen) atoms. The van der Waals surface area contributed by atoms with Crippen LogP contribution in [0.1, 0.15) is 41.3 Å². The first-order valence-corrected chi connectivity index (χ1v) is 13.7. The molecule has 0 saturated carbocycles. The van der Waals surface area contributed by atoms with Crippen molar-refractivity contribution in [3.8, 4) is 0 Å². The van der Waals surface area contributed by atoms with Crippen LogP contribution in [0, 0.1) is 19.8 Å². The van der Waals surface area contributed by atoms with Crippen LogP contribution in [0.4, 0.5) is 0 Å². The Bertz CT molecular complexity index is 1450. The normalized spacial score (nSPS) is 17.6. The Balaban J connectivity index is 1.68. The molecule has 1 atom stereocenters. The fourth-order valence-corrected chi connectivity index (χ4v) is 7.25. The van der Waals surface area contributed by atoms with E-state index in [0.29, 0.717) is 23.8 Å². The summed E-state index contributed by atoms with van der Waals surface area (Å²) >= 11 is 1.32. The summed E-state index contributed by atoms with van der Waals surface area (Å²) in [6.45, 7) is 6.92. The highest BCUT2D eigenvalue weighted by molar-refractivity contribution is 7.89. The fourth-order valence-electron chi connectivity index (χ4n) is 4.45. The Labute approximate surface area is 208 Å². The number of sulfonamides is 1. The molecule has 1 fully saturated rings. The standard InChI is InChI=1S/C25H29N3O5S2/c1-16-6-5-11-27(14-16)35(31,32)20-9-7-19(8-10-20)24(30)26-25-28(15-22(29)33-4)23-18(3)12-17(2)13-21(23)34-25/h7-10,12-13,16H,5-6,11,14-15H2,1-4H3. The van der Waals surface area contributed by atoms with Crippen molar-refractivity contribution < 1.29 is 22.7 Å². The molecule has 0 bridgehead atoms. The van der Waals surface area contributed by atoms with Crippen LogP contribution in [0.2, 0.25) is 0 Å². The van der Waals surface area contributed by atoms with Crippen molar-refractivity contribution in [3.05, 3.63) is 57.9 Å². The number of nitrogens with zero attached hydrogens (tertiary/aromatic N) is 3. The van der Waals surface area contributed by atoms with Crippen molar-refractivity contribution in [2.45, 2.75) is 45.1 Å². The van der Waals surface area contributed by atoms with Gasteiger partial charge < -0.3 is 9.30 Å². The molecule has 0 radical (unpaired) electrons. The zero-order chi connectivity index (χ0) is 25.3. The zero-order valence-electron chi connectivity index (χ0n) is 20.3. The second-order valence-electron chi connectivity index (χ2n) is 9.03. The summed E-state index contributed by atoms with van der Waals surface area (Å²) in [4.78, 5) is 29.9. The first-order valence-electron chi connectivity index (χ1n) is 11.5. The molecule has 0 spiro atoms. The van der Waals surface area contributed by atoms with Crippen LogP contribution >= 0.6 is 11.3 Å². The number of amides is 1. The van der Waals surface area contributed by atoms with E-state index in [-0.39, 0.29) is 17.0 Å². The minimum atomic E-state index is -3.61. The molecule has 8 nitrogen and oxygen atoms in total. The molecule has 3 aromatic rings. The van der Waals surface area contributed by atoms with Crippen LogP contribution in [-0.4, -0.2) is 49.4 Å². The number of carbonyl (C=O) groups excluding carboxylic acids is 2. The SMILES string of the molecule is COC(=O)Cn1c(=NC(=O)c2ccc(S(=O)(=O)N3CCCC(C)C3)cc2)sc2cc(C)cc(C)c21. The van der Waals surface area contributed by atoms with E-state index in [1.165, 1.54) is 47.0 Å². The summed E-state index contributed by atoms with van der Waals surface area (Å²) in [5, 5.41) is 0. The van der Waals surface area contributed by atoms with E-state index < -0.39 is 21.9 Å². The smallest absolute Gasteiger partial charge is 0.325 e. The Kier molecular flexibility index (Phi) is 7.25. The molecular formula is C25H29N3O5S2. The maximum absolute atomic E-state index is 13.0. The van der Waals surface area contributed by atoms with E-state index in [1.807, 2.05) is 32.9 Å². The quantitative estimate of drug-likeness (QED) is 0.483. The summed E-state index contributed by atoms with van der Waals surface area (Å²) < 4.78 is 35.0. The van der Waals surface area contributed by atoms with Crippen molar-refractivity contribution in [2.24, 2.45) is 10.9 Å². The predicted molar refractivity (Wildman–Crippen MR) is 135 cm³/mol. The van der Waals surface area contributed by atoms with Gasteiger partial charge in [-0.2, -0.15) is 9.30 Å². The molecule has 1 unspecified atom stereocenters. The maximum Gasteiger partial charge on any atom is 0.325 e. The number of fused-ring (bicyclic) bond motifs is 1. The van der Waals surface area contributed by atoms with Crippen molar-refractivity contribution in [1.29, 1.82) is 0 Å². The first-order chi connectivity index (χ1) is 16.6. The van der Waals surface area contributed by atoms with Crippen LogP contribution in [0.15, 0.2) is 46.3 Å². The van der Waals surface area contributed by atoms with Gasteiger partial charge >= 0.3 is 5.97 Å². The average Bonchev–Trinajstić information content (AvgIpc) is 3.15.